The van der Waals surface area contributed by atoms with Crippen molar-refractivity contribution in [3.8, 4) is 0 Å². The Morgan fingerprint density at radius 2 is 1.72 bits per heavy atom. The zero-order valence-electron chi connectivity index (χ0n) is 15.5. The maximum absolute atomic E-state index is 2.34. The van der Waals surface area contributed by atoms with Gasteiger partial charge in [-0.25, -0.2) is 0 Å². The lowest BCUT2D eigenvalue weighted by atomic mass is 9.95. The van der Waals surface area contributed by atoms with Gasteiger partial charge in [-0.05, 0) is 48.1 Å². The Kier molecular flexibility index (Phi) is 5.55. The van der Waals surface area contributed by atoms with Crippen LogP contribution in [0.5, 0.6) is 0 Å². The highest BCUT2D eigenvalue weighted by Crippen LogP contribution is 2.35. The number of hydrogen-bond acceptors (Lipinski definition) is 1. The third-order valence-corrected chi connectivity index (χ3v) is 5.96. The molecule has 2 aromatic carbocycles. The van der Waals surface area contributed by atoms with Gasteiger partial charge in [0.15, 0.2) is 0 Å². The number of rotatable bonds is 5. The van der Waals surface area contributed by atoms with Crippen molar-refractivity contribution in [2.45, 2.75) is 27.7 Å². The minimum absolute atomic E-state index is 0.569. The number of allylic oxidation sites excluding steroid dienone is 6. The van der Waals surface area contributed by atoms with Crippen molar-refractivity contribution < 1.29 is 0 Å². The van der Waals surface area contributed by atoms with Crippen molar-refractivity contribution in [1.82, 2.24) is 0 Å². The van der Waals surface area contributed by atoms with Gasteiger partial charge >= 0.3 is 0 Å². The Morgan fingerprint density at radius 3 is 2.48 bits per heavy atom. The monoisotopic (exact) mass is 346 g/mol. The molecule has 0 fully saturated rings. The molecule has 0 saturated heterocycles. The van der Waals surface area contributed by atoms with Crippen LogP contribution in [0.4, 0.5) is 0 Å². The van der Waals surface area contributed by atoms with E-state index in [0.717, 1.165) is 0 Å². The summed E-state index contributed by atoms with van der Waals surface area (Å²) >= 11 is 1.87. The van der Waals surface area contributed by atoms with E-state index in [2.05, 4.69) is 101 Å². The van der Waals surface area contributed by atoms with Gasteiger partial charge in [0.05, 0.1) is 0 Å². The van der Waals surface area contributed by atoms with E-state index < -0.39 is 0 Å². The molecule has 0 amide bonds. The lowest BCUT2D eigenvalue weighted by Crippen LogP contribution is -1.99. The van der Waals surface area contributed by atoms with Crippen molar-refractivity contribution in [2.24, 2.45) is 11.8 Å². The average molecular weight is 347 g/mol. The molecule has 1 heterocycles. The molecule has 128 valence electrons. The summed E-state index contributed by atoms with van der Waals surface area (Å²) in [5.41, 5.74) is 2.55. The molecule has 0 aliphatic carbocycles. The molecule has 3 aromatic rings. The van der Waals surface area contributed by atoms with Crippen LogP contribution in [0, 0.1) is 11.8 Å². The van der Waals surface area contributed by atoms with E-state index in [-0.39, 0.29) is 0 Å². The molecular formula is C24H26S. The van der Waals surface area contributed by atoms with Crippen LogP contribution in [0.2, 0.25) is 0 Å². The minimum atomic E-state index is 0.569. The van der Waals surface area contributed by atoms with Gasteiger partial charge in [0, 0.05) is 20.2 Å². The Morgan fingerprint density at radius 1 is 0.960 bits per heavy atom. The quantitative estimate of drug-likeness (QED) is 0.412. The Balaban J connectivity index is 2.07. The smallest absolute Gasteiger partial charge is 0.0355 e. The van der Waals surface area contributed by atoms with E-state index in [9.17, 15) is 0 Å². The van der Waals surface area contributed by atoms with Gasteiger partial charge in [0.2, 0.25) is 0 Å². The van der Waals surface area contributed by atoms with Gasteiger partial charge in [-0.3, -0.25) is 0 Å². The molecule has 1 heteroatoms. The maximum atomic E-state index is 2.34. The highest BCUT2D eigenvalue weighted by atomic mass is 32.1. The molecule has 0 aliphatic heterocycles. The Hall–Kier alpha value is -2.12. The van der Waals surface area contributed by atoms with Crippen LogP contribution in [-0.2, 0) is 0 Å². The fourth-order valence-electron chi connectivity index (χ4n) is 2.83. The highest BCUT2D eigenvalue weighted by molar-refractivity contribution is 7.25. The van der Waals surface area contributed by atoms with Crippen molar-refractivity contribution in [1.29, 1.82) is 0 Å². The normalized spacial score (nSPS) is 14.5. The molecule has 0 nitrogen and oxygen atoms in total. The van der Waals surface area contributed by atoms with Crippen LogP contribution in [0.15, 0.2) is 72.8 Å². The molecule has 0 aliphatic rings. The van der Waals surface area contributed by atoms with E-state index in [1.165, 1.54) is 31.3 Å². The summed E-state index contributed by atoms with van der Waals surface area (Å²) < 4.78 is 2.72. The van der Waals surface area contributed by atoms with Gasteiger partial charge in [0.25, 0.3) is 0 Å². The number of thiophene rings is 1. The van der Waals surface area contributed by atoms with Crippen LogP contribution in [0.1, 0.15) is 33.3 Å². The molecule has 25 heavy (non-hydrogen) atoms. The number of benzene rings is 2. The molecule has 0 N–H and O–H groups in total. The molecule has 1 atom stereocenters. The maximum Gasteiger partial charge on any atom is 0.0355 e. The fraction of sp³-hybridized carbons (Fsp3) is 0.250. The summed E-state index contributed by atoms with van der Waals surface area (Å²) in [5, 5.41) is 2.71. The van der Waals surface area contributed by atoms with Gasteiger partial charge in [-0.15, -0.1) is 11.3 Å². The fourth-order valence-corrected chi connectivity index (χ4v) is 3.92. The summed E-state index contributed by atoms with van der Waals surface area (Å²) in [6.45, 7) is 8.88. The van der Waals surface area contributed by atoms with Gasteiger partial charge < -0.3 is 0 Å². The van der Waals surface area contributed by atoms with Gasteiger partial charge in [0.1, 0.15) is 0 Å². The molecule has 1 aromatic heterocycles. The zero-order valence-corrected chi connectivity index (χ0v) is 16.3. The second-order valence-electron chi connectivity index (χ2n) is 6.92. The molecule has 0 saturated carbocycles. The summed E-state index contributed by atoms with van der Waals surface area (Å²) in [5.74, 6) is 1.22. The minimum Gasteiger partial charge on any atom is -0.135 e. The van der Waals surface area contributed by atoms with Crippen molar-refractivity contribution >= 4 is 37.1 Å². The van der Waals surface area contributed by atoms with Crippen LogP contribution < -0.4 is 0 Å². The van der Waals surface area contributed by atoms with E-state index in [1.807, 2.05) is 11.3 Å². The lowest BCUT2D eigenvalue weighted by Gasteiger charge is -2.10. The van der Waals surface area contributed by atoms with Crippen LogP contribution in [0.3, 0.4) is 0 Å². The van der Waals surface area contributed by atoms with Crippen molar-refractivity contribution in [3.05, 3.63) is 78.4 Å². The third-order valence-electron chi connectivity index (χ3n) is 4.81. The second kappa shape index (κ2) is 7.84. The average Bonchev–Trinajstić information content (AvgIpc) is 2.99. The topological polar surface area (TPSA) is 0 Å². The van der Waals surface area contributed by atoms with Crippen molar-refractivity contribution in [3.63, 3.8) is 0 Å². The van der Waals surface area contributed by atoms with Crippen LogP contribution in [-0.4, -0.2) is 0 Å². The predicted molar refractivity (Wildman–Crippen MR) is 115 cm³/mol. The van der Waals surface area contributed by atoms with Gasteiger partial charge in [-0.2, -0.15) is 0 Å². The van der Waals surface area contributed by atoms with E-state index >= 15 is 0 Å². The summed E-state index contributed by atoms with van der Waals surface area (Å²) in [4.78, 5) is 0. The Labute approximate surface area is 155 Å². The molecule has 3 rings (SSSR count). The lowest BCUT2D eigenvalue weighted by molar-refractivity contribution is 0.504. The highest BCUT2D eigenvalue weighted by Gasteiger charge is 2.07. The molecule has 0 spiro atoms. The first kappa shape index (κ1) is 17.7. The Bertz CT molecular complexity index is 951. The summed E-state index contributed by atoms with van der Waals surface area (Å²) in [6.07, 6.45) is 11.0. The number of fused-ring (bicyclic) bond motifs is 3. The van der Waals surface area contributed by atoms with Gasteiger partial charge in [-0.1, -0.05) is 75.4 Å². The molecule has 0 bridgehead atoms. The summed E-state index contributed by atoms with van der Waals surface area (Å²) in [7, 11) is 0. The first-order valence-electron chi connectivity index (χ1n) is 9.03. The second-order valence-corrected chi connectivity index (χ2v) is 8.00. The largest absolute Gasteiger partial charge is 0.135 e. The zero-order chi connectivity index (χ0) is 17.8. The third kappa shape index (κ3) is 3.93. The molecule has 1 unspecified atom stereocenters. The molecular weight excluding hydrogens is 320 g/mol. The van der Waals surface area contributed by atoms with Crippen LogP contribution in [0.25, 0.3) is 25.7 Å². The predicted octanol–water partition coefficient (Wildman–Crippen LogP) is 7.86. The first-order valence-corrected chi connectivity index (χ1v) is 9.84. The van der Waals surface area contributed by atoms with E-state index in [4.69, 9.17) is 0 Å². The molecule has 0 radical (unpaired) electrons. The van der Waals surface area contributed by atoms with E-state index in [1.54, 1.807) is 0 Å². The van der Waals surface area contributed by atoms with Crippen LogP contribution >= 0.6 is 11.3 Å². The first-order chi connectivity index (χ1) is 12.1. The SMILES string of the molecule is C\C=C/C=C(\C=C/C(C)C(C)C)c1ccc2sc3ccccc3c2c1. The van der Waals surface area contributed by atoms with E-state index in [0.29, 0.717) is 11.8 Å². The summed E-state index contributed by atoms with van der Waals surface area (Å²) in [6, 6.07) is 15.5. The standard InChI is InChI=1S/C24H26S/c1-5-6-9-19(13-12-18(4)17(2)3)20-14-15-24-22(16-20)21-10-7-8-11-23(21)25-24/h5-18H,1-4H3/b6-5-,13-12-,19-9+. The number of hydrogen-bond donors (Lipinski definition) is 0. The van der Waals surface area contributed by atoms with Crippen molar-refractivity contribution in [2.75, 3.05) is 0 Å².